The molecule has 0 aliphatic carbocycles. The predicted octanol–water partition coefficient (Wildman–Crippen LogP) is -2.88. The van der Waals surface area contributed by atoms with Gasteiger partial charge in [-0.25, -0.2) is 22.8 Å². The Morgan fingerprint density at radius 2 is 1.31 bits per heavy atom. The zero-order chi connectivity index (χ0) is 40.9. The van der Waals surface area contributed by atoms with Gasteiger partial charge in [-0.3, -0.25) is 4.55 Å². The largest absolute Gasteiger partial charge is 1.00 e. The van der Waals surface area contributed by atoms with Gasteiger partial charge in [-0.2, -0.15) is 22.8 Å². The minimum Gasteiger partial charge on any atom is -0.724 e. The van der Waals surface area contributed by atoms with Crippen molar-refractivity contribution in [2.45, 2.75) is 88.4 Å². The summed E-state index contributed by atoms with van der Waals surface area (Å²) >= 11 is 0. The number of rotatable bonds is 8. The van der Waals surface area contributed by atoms with Gasteiger partial charge in [0.2, 0.25) is 34.0 Å². The normalized spacial score (nSPS) is 27.6. The molecule has 0 saturated carbocycles. The van der Waals surface area contributed by atoms with E-state index >= 15 is 0 Å². The van der Waals surface area contributed by atoms with Crippen molar-refractivity contribution in [2.24, 2.45) is 0 Å². The maximum absolute atomic E-state index is 12.5. The van der Waals surface area contributed by atoms with Gasteiger partial charge in [0.05, 0.1) is 31.8 Å². The Hall–Kier alpha value is -3.29. The van der Waals surface area contributed by atoms with E-state index in [1.807, 2.05) is 0 Å². The van der Waals surface area contributed by atoms with E-state index in [4.69, 9.17) is 27.6 Å². The summed E-state index contributed by atoms with van der Waals surface area (Å²) in [5, 5.41) is 20.5. The maximum Gasteiger partial charge on any atom is 1.00 e. The molecule has 2 unspecified atom stereocenters. The first-order valence-corrected chi connectivity index (χ1v) is 20.6. The van der Waals surface area contributed by atoms with Gasteiger partial charge in [0.25, 0.3) is 0 Å². The van der Waals surface area contributed by atoms with Gasteiger partial charge in [0, 0.05) is 32.7 Å². The van der Waals surface area contributed by atoms with E-state index < -0.39 is 74.8 Å². The smallest absolute Gasteiger partial charge is 0.724 e. The zero-order valence-electron chi connectivity index (χ0n) is 31.9. The molecule has 2 aromatic heterocycles. The van der Waals surface area contributed by atoms with Gasteiger partial charge >= 0.3 is 58.1 Å². The van der Waals surface area contributed by atoms with Crippen LogP contribution in [0.2, 0.25) is 0 Å². The summed E-state index contributed by atoms with van der Waals surface area (Å²) in [5.41, 5.74) is -0.632. The molecule has 6 fully saturated rings. The first kappa shape index (κ1) is 44.3. The molecule has 8 heterocycles. The summed E-state index contributed by atoms with van der Waals surface area (Å²) < 4.78 is 100. The first-order valence-electron chi connectivity index (χ1n) is 17.9. The minimum atomic E-state index is -5.08. The molecule has 5 amide bonds. The van der Waals surface area contributed by atoms with Crippen molar-refractivity contribution in [1.29, 1.82) is 0 Å². The molecule has 29 heteroatoms. The molecular weight excluding hydrogens is 831 g/mol. The van der Waals surface area contributed by atoms with Crippen LogP contribution in [0.4, 0.5) is 14.4 Å². The molecule has 2 aromatic rings. The van der Waals surface area contributed by atoms with Crippen LogP contribution in [-0.2, 0) is 43.6 Å². The molecule has 58 heavy (non-hydrogen) atoms. The molecule has 316 valence electrons. The van der Waals surface area contributed by atoms with Crippen LogP contribution in [0.5, 0.6) is 0 Å². The summed E-state index contributed by atoms with van der Waals surface area (Å²) in [6.07, 6.45) is 0.307. The quantitative estimate of drug-likeness (QED) is 0.153. The average molecular weight is 873 g/mol. The van der Waals surface area contributed by atoms with E-state index in [0.29, 0.717) is 61.4 Å². The summed E-state index contributed by atoms with van der Waals surface area (Å²) in [4.78, 5) is 41.5. The van der Waals surface area contributed by atoms with Crippen LogP contribution in [0, 0.1) is 0 Å². The van der Waals surface area contributed by atoms with Crippen LogP contribution in [0.1, 0.15) is 94.3 Å². The molecule has 0 radical (unpaired) electrons. The van der Waals surface area contributed by atoms with Crippen molar-refractivity contribution in [3.05, 3.63) is 23.6 Å². The van der Waals surface area contributed by atoms with Crippen molar-refractivity contribution in [3.63, 3.8) is 0 Å². The Bertz CT molecular complexity index is 2040. The standard InChI is InChI=1S/C17H25N5O9S.C12H17N5O7S.Na/c1-17(2,3)30-16(24)20-6-7-28-12(9-20)14-19-18-13(29-14)11-5-4-10-8-21(11)15(23)22(10)31-32(25,26)27;18-12-16-6-7(17(12)24-25(19,20)21)1-2-8(16)10-14-15-11(23-10)9-5-13-3-4-22-9;/h10-12H,4-9H2,1-3H3,(H,25,26,27);7-9,13H,1-6H2,(H,19,20,21);/q;;+1/p-1/t10-,11+,12?;7-,8+,9?;/m11./s1. The number of hydrogen-bond acceptors (Lipinski definition) is 20. The molecule has 4 bridgehead atoms. The van der Waals surface area contributed by atoms with Gasteiger partial charge in [-0.05, 0) is 46.5 Å². The number of aromatic nitrogens is 4. The van der Waals surface area contributed by atoms with Crippen molar-refractivity contribution in [3.8, 4) is 0 Å². The molecule has 2 N–H and O–H groups in total. The molecular formula is C29H41N10NaO16S2. The van der Waals surface area contributed by atoms with Crippen molar-refractivity contribution >= 4 is 39.0 Å². The second-order valence-corrected chi connectivity index (χ2v) is 16.8. The van der Waals surface area contributed by atoms with Crippen molar-refractivity contribution in [1.82, 2.24) is 50.5 Å². The van der Waals surface area contributed by atoms with Gasteiger partial charge in [-0.15, -0.1) is 24.7 Å². The first-order chi connectivity index (χ1) is 26.8. The second-order valence-electron chi connectivity index (χ2n) is 14.8. The number of hydroxylamine groups is 4. The number of fused-ring (bicyclic) bond motifs is 4. The van der Waals surface area contributed by atoms with Crippen LogP contribution >= 0.6 is 0 Å². The Morgan fingerprint density at radius 3 is 1.81 bits per heavy atom. The van der Waals surface area contributed by atoms with Crippen LogP contribution in [0.3, 0.4) is 0 Å². The third kappa shape index (κ3) is 10.2. The van der Waals surface area contributed by atoms with Crippen LogP contribution < -0.4 is 34.9 Å². The van der Waals surface area contributed by atoms with E-state index in [0.717, 1.165) is 6.54 Å². The van der Waals surface area contributed by atoms with Gasteiger partial charge < -0.3 is 47.6 Å². The fourth-order valence-electron chi connectivity index (χ4n) is 7.21. The van der Waals surface area contributed by atoms with Gasteiger partial charge in [-0.1, -0.05) is 0 Å². The molecule has 6 aliphatic heterocycles. The number of ether oxygens (including phenoxy) is 3. The number of piperidine rings is 2. The Labute approximate surface area is 353 Å². The Morgan fingerprint density at radius 1 is 0.793 bits per heavy atom. The van der Waals surface area contributed by atoms with Gasteiger partial charge in [0.15, 0.2) is 6.10 Å². The third-order valence-corrected chi connectivity index (χ3v) is 10.4. The van der Waals surface area contributed by atoms with E-state index in [1.54, 1.807) is 20.8 Å². The SMILES string of the molecule is CC(C)(C)OC(=O)N1CCOC(c2nnc([C@@H]3CC[C@@H]4CN3C(=O)N4OS(=O)(=O)[O-])o2)C1.O=C1N2C[C@@H](CC[C@H]2c2nnc(C3CNCCO3)o2)N1OS(=O)(=O)O.[Na+]. The summed E-state index contributed by atoms with van der Waals surface area (Å²) in [5.74, 6) is 0.903. The topological polar surface area (TPSA) is 315 Å². The number of morpholine rings is 2. The van der Waals surface area contributed by atoms with E-state index in [2.05, 4.69) is 34.3 Å². The number of carbonyl (C=O) groups is 3. The van der Waals surface area contributed by atoms with Gasteiger partial charge in [0.1, 0.15) is 23.8 Å². The number of nitrogens with zero attached hydrogens (tertiary/aromatic N) is 9. The Kier molecular flexibility index (Phi) is 13.3. The molecule has 0 spiro atoms. The summed E-state index contributed by atoms with van der Waals surface area (Å²) in [6, 6.07) is -3.53. The molecule has 6 saturated heterocycles. The molecule has 6 atom stereocenters. The fourth-order valence-corrected chi connectivity index (χ4v) is 7.98. The van der Waals surface area contributed by atoms with E-state index in [9.17, 15) is 35.8 Å². The average Bonchev–Trinajstić information content (AvgIpc) is 3.93. The number of carbonyl (C=O) groups excluding carboxylic acids is 3. The summed E-state index contributed by atoms with van der Waals surface area (Å²) in [7, 11) is -9.85. The fraction of sp³-hybridized carbons (Fsp3) is 0.759. The zero-order valence-corrected chi connectivity index (χ0v) is 35.5. The molecule has 26 nitrogen and oxygen atoms in total. The predicted molar refractivity (Wildman–Crippen MR) is 179 cm³/mol. The van der Waals surface area contributed by atoms with Crippen molar-refractivity contribution in [2.75, 3.05) is 52.5 Å². The second kappa shape index (κ2) is 17.4. The number of urea groups is 2. The Balaban J connectivity index is 0.000000198. The monoisotopic (exact) mass is 872 g/mol. The van der Waals surface area contributed by atoms with Crippen molar-refractivity contribution < 1.29 is 101 Å². The maximum atomic E-state index is 12.5. The number of hydrogen-bond donors (Lipinski definition) is 2. The number of nitrogens with one attached hydrogen (secondary N) is 1. The summed E-state index contributed by atoms with van der Waals surface area (Å²) in [6.45, 7) is 8.38. The van der Waals surface area contributed by atoms with E-state index in [1.165, 1.54) is 14.7 Å². The van der Waals surface area contributed by atoms with Crippen LogP contribution in [0.15, 0.2) is 8.83 Å². The minimum absolute atomic E-state index is 0. The van der Waals surface area contributed by atoms with E-state index in [-0.39, 0.29) is 79.6 Å². The number of amides is 5. The molecule has 0 aromatic carbocycles. The molecule has 8 rings (SSSR count). The molecule has 6 aliphatic rings. The third-order valence-electron chi connectivity index (χ3n) is 9.67. The van der Waals surface area contributed by atoms with Crippen LogP contribution in [-0.4, -0.2) is 159 Å². The van der Waals surface area contributed by atoms with Crippen LogP contribution in [0.25, 0.3) is 0 Å².